The smallest absolute Gasteiger partial charge is 0.166 e. The van der Waals surface area contributed by atoms with Crippen LogP contribution < -0.4 is 9.47 Å². The highest BCUT2D eigenvalue weighted by Crippen LogP contribution is 2.64. The zero-order valence-electron chi connectivity index (χ0n) is 27.2. The Bertz CT molecular complexity index is 1470. The normalized spacial score (nSPS) is 21.1. The molecule has 3 aromatic rings. The van der Waals surface area contributed by atoms with E-state index in [9.17, 15) is 17.8 Å². The number of ketones is 1. The Morgan fingerprint density at radius 2 is 1.20 bits per heavy atom. The Morgan fingerprint density at radius 3 is 1.55 bits per heavy atom. The van der Waals surface area contributed by atoms with E-state index in [-0.39, 0.29) is 39.2 Å². The summed E-state index contributed by atoms with van der Waals surface area (Å²) in [5.74, 6) is 1.51. The highest BCUT2D eigenvalue weighted by molar-refractivity contribution is 7.97. The van der Waals surface area contributed by atoms with Crippen LogP contribution in [-0.2, 0) is 25.8 Å². The first-order valence-electron chi connectivity index (χ1n) is 15.1. The van der Waals surface area contributed by atoms with E-state index in [0.717, 1.165) is 17.9 Å². The maximum Gasteiger partial charge on any atom is 0.166 e. The van der Waals surface area contributed by atoms with Crippen LogP contribution in [0.1, 0.15) is 74.7 Å². The van der Waals surface area contributed by atoms with Crippen LogP contribution in [0.2, 0.25) is 0 Å². The molecule has 2 aliphatic carbocycles. The molecule has 0 aliphatic heterocycles. The summed E-state index contributed by atoms with van der Waals surface area (Å²) in [6.45, 7) is 16.2. The molecule has 2 unspecified atom stereocenters. The highest BCUT2D eigenvalue weighted by atomic mass is 32.2. The zero-order chi connectivity index (χ0) is 32.6. The van der Waals surface area contributed by atoms with E-state index in [1.165, 1.54) is 14.7 Å². The molecule has 0 amide bonds. The molecular formula is C36H46O6S2. The number of carbonyl (C=O) groups is 1. The van der Waals surface area contributed by atoms with Crippen molar-refractivity contribution in [3.63, 3.8) is 0 Å². The van der Waals surface area contributed by atoms with Crippen LogP contribution in [0.15, 0.2) is 93.5 Å². The summed E-state index contributed by atoms with van der Waals surface area (Å²) >= 11 is 0. The van der Waals surface area contributed by atoms with E-state index in [0.29, 0.717) is 12.8 Å². The minimum absolute atomic E-state index is 0.0248. The van der Waals surface area contributed by atoms with Crippen molar-refractivity contribution in [2.45, 2.75) is 101 Å². The third kappa shape index (κ3) is 8.06. The molecule has 0 N–H and O–H groups in total. The summed E-state index contributed by atoms with van der Waals surface area (Å²) in [5, 5.41) is 0. The topological polar surface area (TPSA) is 92.7 Å². The Hall–Kier alpha value is -2.81. The van der Waals surface area contributed by atoms with Gasteiger partial charge in [0.25, 0.3) is 0 Å². The quantitative estimate of drug-likeness (QED) is 0.192. The molecule has 5 rings (SSSR count). The average Bonchev–Trinajstić information content (AvgIpc) is 3.24. The van der Waals surface area contributed by atoms with Crippen molar-refractivity contribution in [1.29, 1.82) is 0 Å². The Balaban J connectivity index is 0.000000246. The van der Waals surface area contributed by atoms with E-state index in [2.05, 4.69) is 120 Å². The fourth-order valence-corrected chi connectivity index (χ4v) is 9.71. The number of fused-ring (bicyclic) bond motifs is 2. The molecule has 238 valence electrons. The number of carbonyl (C=O) groups excluding carboxylic acids is 1. The molecule has 3 aromatic carbocycles. The molecule has 0 radical (unpaired) electrons. The second kappa shape index (κ2) is 12.5. The zero-order valence-corrected chi connectivity index (χ0v) is 28.8. The van der Waals surface area contributed by atoms with Gasteiger partial charge in [0.2, 0.25) is 0 Å². The van der Waals surface area contributed by atoms with Gasteiger partial charge in [-0.3, -0.25) is 4.79 Å². The lowest BCUT2D eigenvalue weighted by Gasteiger charge is -2.37. The second-order valence-electron chi connectivity index (χ2n) is 14.4. The predicted octanol–water partition coefficient (Wildman–Crippen LogP) is 8.06. The summed E-state index contributed by atoms with van der Waals surface area (Å²) in [4.78, 5) is 15.7. The van der Waals surface area contributed by atoms with Gasteiger partial charge in [0, 0.05) is 11.8 Å². The summed E-state index contributed by atoms with van der Waals surface area (Å²) in [7, 11) is -4.51. The van der Waals surface area contributed by atoms with E-state index in [1.807, 2.05) is 13.8 Å². The van der Waals surface area contributed by atoms with Crippen molar-refractivity contribution in [1.82, 2.24) is 0 Å². The van der Waals surface area contributed by atoms with Crippen molar-refractivity contribution >= 4 is 26.8 Å². The number of ether oxygens (including phenoxy) is 2. The molecule has 2 fully saturated rings. The van der Waals surface area contributed by atoms with Crippen molar-refractivity contribution in [2.75, 3.05) is 5.75 Å². The van der Waals surface area contributed by atoms with Gasteiger partial charge in [-0.15, -0.1) is 0 Å². The fourth-order valence-electron chi connectivity index (χ4n) is 6.37. The lowest BCUT2D eigenvalue weighted by Crippen LogP contribution is -2.42. The molecule has 0 spiro atoms. The predicted molar refractivity (Wildman–Crippen MR) is 175 cm³/mol. The summed E-state index contributed by atoms with van der Waals surface area (Å²) in [6, 6.07) is 27.6. The van der Waals surface area contributed by atoms with Crippen LogP contribution in [-0.4, -0.2) is 35.7 Å². The largest absolute Gasteiger partial charge is 0.748 e. The van der Waals surface area contributed by atoms with Crippen molar-refractivity contribution < 1.29 is 27.2 Å². The lowest BCUT2D eigenvalue weighted by molar-refractivity contribution is -0.128. The van der Waals surface area contributed by atoms with E-state index >= 15 is 0 Å². The van der Waals surface area contributed by atoms with E-state index in [4.69, 9.17) is 9.47 Å². The molecule has 2 aliphatic rings. The minimum atomic E-state index is -4.33. The average molecular weight is 639 g/mol. The van der Waals surface area contributed by atoms with Crippen LogP contribution >= 0.6 is 0 Å². The monoisotopic (exact) mass is 638 g/mol. The lowest BCUT2D eigenvalue weighted by atomic mass is 9.70. The van der Waals surface area contributed by atoms with Gasteiger partial charge >= 0.3 is 0 Å². The van der Waals surface area contributed by atoms with Gasteiger partial charge in [0.1, 0.15) is 28.5 Å². The van der Waals surface area contributed by atoms with Crippen LogP contribution in [0.4, 0.5) is 0 Å². The Kier molecular flexibility index (Phi) is 9.70. The molecule has 0 saturated heterocycles. The van der Waals surface area contributed by atoms with Crippen LogP contribution in [0.25, 0.3) is 0 Å². The number of hydrogen-bond donors (Lipinski definition) is 0. The Morgan fingerprint density at radius 1 is 0.773 bits per heavy atom. The van der Waals surface area contributed by atoms with Crippen molar-refractivity contribution in [2.24, 2.45) is 16.7 Å². The molecule has 6 nitrogen and oxygen atoms in total. The maximum atomic E-state index is 11.8. The molecule has 0 heterocycles. The first-order valence-corrected chi connectivity index (χ1v) is 17.9. The third-order valence-electron chi connectivity index (χ3n) is 8.51. The highest BCUT2D eigenvalue weighted by Gasteiger charge is 2.64. The van der Waals surface area contributed by atoms with Gasteiger partial charge in [0.05, 0.1) is 26.8 Å². The molecule has 8 heteroatoms. The maximum absolute atomic E-state index is 11.8. The summed E-state index contributed by atoms with van der Waals surface area (Å²) < 4.78 is 44.7. The van der Waals surface area contributed by atoms with Crippen LogP contribution in [0.3, 0.4) is 0 Å². The van der Waals surface area contributed by atoms with Crippen LogP contribution in [0.5, 0.6) is 11.5 Å². The fraction of sp³-hybridized carbons (Fsp3) is 0.472. The first kappa shape index (κ1) is 34.1. The SMILES string of the molecule is CC(C)(C)Oc1ccc([S+](c2ccccc2)c2ccc(OC(C)(C)C)cc2)cc1.CC1(C)C2CCC1(CS(=O)(=O)[O-])C(=O)C2. The van der Waals surface area contributed by atoms with Gasteiger partial charge in [-0.25, -0.2) is 8.42 Å². The number of hydrogen-bond acceptors (Lipinski definition) is 6. The molecule has 44 heavy (non-hydrogen) atoms. The number of rotatable bonds is 7. The molecule has 2 atom stereocenters. The van der Waals surface area contributed by atoms with E-state index < -0.39 is 21.3 Å². The van der Waals surface area contributed by atoms with Crippen LogP contribution in [0, 0.1) is 16.7 Å². The van der Waals surface area contributed by atoms with Gasteiger partial charge in [-0.2, -0.15) is 0 Å². The Labute approximate surface area is 266 Å². The number of benzene rings is 3. The molecule has 2 bridgehead atoms. The summed E-state index contributed by atoms with van der Waals surface area (Å²) in [6.07, 6.45) is 1.88. The summed E-state index contributed by atoms with van der Waals surface area (Å²) in [5.41, 5.74) is -1.63. The second-order valence-corrected chi connectivity index (χ2v) is 17.8. The van der Waals surface area contributed by atoms with Crippen molar-refractivity contribution in [3.8, 4) is 11.5 Å². The standard InChI is InChI=1S/C26H31O2S.C10H16O4S/c1-25(2,3)27-20-12-16-23(17-13-20)29(22-10-8-7-9-11-22)24-18-14-21(15-19-24)28-26(4,5)6;1-9(2)7-3-4-10(9,8(11)5-7)6-15(12,13)14/h7-19H,1-6H3;7H,3-6H2,1-2H3,(H,12,13,14)/q+1;/p-1. The molecule has 2 saturated carbocycles. The molecule has 0 aromatic heterocycles. The van der Waals surface area contributed by atoms with Crippen molar-refractivity contribution in [3.05, 3.63) is 78.9 Å². The third-order valence-corrected chi connectivity index (χ3v) is 11.6. The first-order chi connectivity index (χ1) is 20.3. The minimum Gasteiger partial charge on any atom is -0.748 e. The van der Waals surface area contributed by atoms with Gasteiger partial charge < -0.3 is 14.0 Å². The van der Waals surface area contributed by atoms with Gasteiger partial charge in [-0.05, 0) is 126 Å². The van der Waals surface area contributed by atoms with Gasteiger partial charge in [-0.1, -0.05) is 32.0 Å². The van der Waals surface area contributed by atoms with Gasteiger partial charge in [0.15, 0.2) is 14.7 Å². The van der Waals surface area contributed by atoms with E-state index in [1.54, 1.807) is 0 Å². The number of Topliss-reactive ketones (excluding diaryl/α,β-unsaturated/α-hetero) is 1. The molecular weight excluding hydrogens is 593 g/mol.